The molecule has 0 spiro atoms. The molecule has 1 aromatic carbocycles. The normalized spacial score (nSPS) is 18.9. The highest BCUT2D eigenvalue weighted by Gasteiger charge is 2.32. The minimum atomic E-state index is -0.128. The molecular weight excluding hydrogens is 328 g/mol. The summed E-state index contributed by atoms with van der Waals surface area (Å²) in [6.45, 7) is 2.85. The zero-order valence-corrected chi connectivity index (χ0v) is 14.3. The van der Waals surface area contributed by atoms with Gasteiger partial charge in [-0.3, -0.25) is 14.2 Å². The van der Waals surface area contributed by atoms with Crippen molar-refractivity contribution in [1.82, 2.24) is 9.55 Å². The Hall–Kier alpha value is -1.72. The second-order valence-corrected chi connectivity index (χ2v) is 7.11. The molecule has 1 aliphatic heterocycles. The Kier molecular flexibility index (Phi) is 3.93. The van der Waals surface area contributed by atoms with Gasteiger partial charge in [-0.25, -0.2) is 4.98 Å². The molecule has 1 aliphatic carbocycles. The second kappa shape index (κ2) is 5.97. The van der Waals surface area contributed by atoms with Crippen molar-refractivity contribution in [2.45, 2.75) is 44.6 Å². The van der Waals surface area contributed by atoms with Gasteiger partial charge in [0, 0.05) is 35.8 Å². The van der Waals surface area contributed by atoms with E-state index < -0.39 is 0 Å². The summed E-state index contributed by atoms with van der Waals surface area (Å²) in [5.74, 6) is 0.881. The molecule has 5 nitrogen and oxygen atoms in total. The number of rotatable bonds is 3. The molecule has 1 saturated heterocycles. The summed E-state index contributed by atoms with van der Waals surface area (Å²) in [5, 5.41) is 0.836. The third-order valence-corrected chi connectivity index (χ3v) is 5.09. The number of carbonyl (C=O) groups is 1. The van der Waals surface area contributed by atoms with Crippen LogP contribution in [0.4, 0.5) is 0 Å². The van der Waals surface area contributed by atoms with Crippen LogP contribution in [0.2, 0.25) is 5.02 Å². The highest BCUT2D eigenvalue weighted by Crippen LogP contribution is 2.38. The molecule has 1 aromatic heterocycles. The van der Waals surface area contributed by atoms with E-state index in [1.165, 1.54) is 6.92 Å². The van der Waals surface area contributed by atoms with Crippen LogP contribution in [0.15, 0.2) is 16.9 Å². The van der Waals surface area contributed by atoms with Gasteiger partial charge in [0.15, 0.2) is 5.78 Å². The highest BCUT2D eigenvalue weighted by molar-refractivity contribution is 6.32. The Morgan fingerprint density at radius 2 is 1.96 bits per heavy atom. The van der Waals surface area contributed by atoms with E-state index in [1.807, 2.05) is 4.57 Å². The van der Waals surface area contributed by atoms with E-state index in [4.69, 9.17) is 21.3 Å². The first kappa shape index (κ1) is 15.8. The van der Waals surface area contributed by atoms with E-state index in [9.17, 15) is 9.59 Å². The van der Waals surface area contributed by atoms with Gasteiger partial charge in [0.1, 0.15) is 5.82 Å². The Balaban J connectivity index is 2.01. The molecule has 0 radical (unpaired) electrons. The summed E-state index contributed by atoms with van der Waals surface area (Å²) < 4.78 is 7.29. The number of hydrogen-bond acceptors (Lipinski definition) is 4. The van der Waals surface area contributed by atoms with Gasteiger partial charge < -0.3 is 4.74 Å². The van der Waals surface area contributed by atoms with Crippen LogP contribution in [0.5, 0.6) is 0 Å². The summed E-state index contributed by atoms with van der Waals surface area (Å²) in [6.07, 6.45) is 3.72. The molecule has 2 aromatic rings. The number of carbonyl (C=O) groups excluding carboxylic acids is 1. The van der Waals surface area contributed by atoms with Crippen LogP contribution in [0, 0.1) is 0 Å². The molecule has 0 N–H and O–H groups in total. The molecule has 0 bridgehead atoms. The average Bonchev–Trinajstić information content (AvgIpc) is 3.40. The Morgan fingerprint density at radius 1 is 1.25 bits per heavy atom. The van der Waals surface area contributed by atoms with Crippen LogP contribution < -0.4 is 5.56 Å². The van der Waals surface area contributed by atoms with E-state index in [-0.39, 0.29) is 23.3 Å². The predicted octanol–water partition coefficient (Wildman–Crippen LogP) is 3.48. The first-order chi connectivity index (χ1) is 11.6. The number of ether oxygens (including phenoxy) is 1. The van der Waals surface area contributed by atoms with Gasteiger partial charge in [0.2, 0.25) is 0 Å². The molecule has 0 unspecified atom stereocenters. The van der Waals surface area contributed by atoms with Crippen LogP contribution >= 0.6 is 11.6 Å². The molecule has 2 fully saturated rings. The molecule has 24 heavy (non-hydrogen) atoms. The van der Waals surface area contributed by atoms with Gasteiger partial charge in [-0.1, -0.05) is 11.6 Å². The summed E-state index contributed by atoms with van der Waals surface area (Å²) in [7, 11) is 0. The quantitative estimate of drug-likeness (QED) is 0.798. The van der Waals surface area contributed by atoms with Crippen molar-refractivity contribution < 1.29 is 9.53 Å². The van der Waals surface area contributed by atoms with Crippen molar-refractivity contribution in [3.8, 4) is 0 Å². The van der Waals surface area contributed by atoms with Crippen molar-refractivity contribution in [2.24, 2.45) is 0 Å². The van der Waals surface area contributed by atoms with Crippen LogP contribution in [0.25, 0.3) is 10.9 Å². The zero-order valence-electron chi connectivity index (χ0n) is 13.5. The maximum Gasteiger partial charge on any atom is 0.261 e. The van der Waals surface area contributed by atoms with Crippen LogP contribution in [0.3, 0.4) is 0 Å². The average molecular weight is 347 g/mol. The number of ketones is 1. The second-order valence-electron chi connectivity index (χ2n) is 6.67. The number of hydrogen-bond donors (Lipinski definition) is 0. The van der Waals surface area contributed by atoms with Gasteiger partial charge in [0.05, 0.1) is 10.9 Å². The molecule has 0 atom stereocenters. The van der Waals surface area contributed by atoms with Crippen molar-refractivity contribution in [1.29, 1.82) is 0 Å². The fourth-order valence-electron chi connectivity index (χ4n) is 3.48. The highest BCUT2D eigenvalue weighted by atomic mass is 35.5. The number of halogens is 1. The van der Waals surface area contributed by atoms with Gasteiger partial charge in [0.25, 0.3) is 5.56 Å². The maximum absolute atomic E-state index is 13.1. The number of benzene rings is 1. The number of Topliss-reactive ketones (excluding diaryl/α,β-unsaturated/α-hetero) is 1. The maximum atomic E-state index is 13.1. The van der Waals surface area contributed by atoms with Gasteiger partial charge in [-0.05, 0) is 44.7 Å². The van der Waals surface area contributed by atoms with Crippen LogP contribution in [0.1, 0.15) is 60.7 Å². The molecular formula is C18H19ClN2O3. The summed E-state index contributed by atoms with van der Waals surface area (Å²) in [4.78, 5) is 29.9. The zero-order chi connectivity index (χ0) is 16.8. The van der Waals surface area contributed by atoms with Gasteiger partial charge in [-0.15, -0.1) is 0 Å². The van der Waals surface area contributed by atoms with Crippen LogP contribution in [-0.4, -0.2) is 28.5 Å². The number of fused-ring (bicyclic) bond motifs is 1. The summed E-state index contributed by atoms with van der Waals surface area (Å²) >= 11 is 6.13. The van der Waals surface area contributed by atoms with Crippen molar-refractivity contribution in [3.63, 3.8) is 0 Å². The minimum absolute atomic E-state index is 0.0750. The van der Waals surface area contributed by atoms with Gasteiger partial charge in [-0.2, -0.15) is 0 Å². The lowest BCUT2D eigenvalue weighted by Crippen LogP contribution is -2.29. The lowest BCUT2D eigenvalue weighted by Gasteiger charge is -2.25. The van der Waals surface area contributed by atoms with E-state index in [1.54, 1.807) is 12.1 Å². The molecule has 6 heteroatoms. The fraction of sp³-hybridized carbons (Fsp3) is 0.500. The Morgan fingerprint density at radius 3 is 2.58 bits per heavy atom. The molecule has 2 aliphatic rings. The smallest absolute Gasteiger partial charge is 0.261 e. The van der Waals surface area contributed by atoms with Gasteiger partial charge >= 0.3 is 0 Å². The first-order valence-electron chi connectivity index (χ1n) is 8.40. The molecule has 2 heterocycles. The standard InChI is InChI=1S/C18H19ClN2O3/c1-10(22)14-8-12(19)9-15-16(14)20-17(11-4-6-24-7-5-11)21(18(15)23)13-2-3-13/h8-9,11,13H,2-7H2,1H3. The number of aromatic nitrogens is 2. The molecule has 4 rings (SSSR count). The Bertz CT molecular complexity index is 880. The largest absolute Gasteiger partial charge is 0.381 e. The summed E-state index contributed by atoms with van der Waals surface area (Å²) in [5.41, 5.74) is 0.829. The van der Waals surface area contributed by atoms with E-state index in [0.717, 1.165) is 31.5 Å². The third-order valence-electron chi connectivity index (χ3n) is 4.87. The lowest BCUT2D eigenvalue weighted by molar-refractivity contribution is 0.0825. The van der Waals surface area contributed by atoms with E-state index in [2.05, 4.69) is 0 Å². The molecule has 0 amide bonds. The monoisotopic (exact) mass is 346 g/mol. The summed E-state index contributed by atoms with van der Waals surface area (Å²) in [6, 6.07) is 3.46. The Labute approximate surface area is 144 Å². The topological polar surface area (TPSA) is 61.2 Å². The fourth-order valence-corrected chi connectivity index (χ4v) is 3.70. The SMILES string of the molecule is CC(=O)c1cc(Cl)cc2c(=O)n(C3CC3)c(C3CCOCC3)nc12. The van der Waals surface area contributed by atoms with E-state index in [0.29, 0.717) is 34.7 Å². The molecule has 1 saturated carbocycles. The third kappa shape index (κ3) is 2.66. The van der Waals surface area contributed by atoms with Crippen molar-refractivity contribution >= 4 is 28.3 Å². The van der Waals surface area contributed by atoms with Crippen LogP contribution in [-0.2, 0) is 4.74 Å². The molecule has 126 valence electrons. The lowest BCUT2D eigenvalue weighted by atomic mass is 9.98. The van der Waals surface area contributed by atoms with Crippen molar-refractivity contribution in [3.05, 3.63) is 38.9 Å². The van der Waals surface area contributed by atoms with Crippen molar-refractivity contribution in [2.75, 3.05) is 13.2 Å². The van der Waals surface area contributed by atoms with E-state index >= 15 is 0 Å². The first-order valence-corrected chi connectivity index (χ1v) is 8.78. The predicted molar refractivity (Wildman–Crippen MR) is 92.1 cm³/mol. The number of nitrogens with zero attached hydrogens (tertiary/aromatic N) is 2. The minimum Gasteiger partial charge on any atom is -0.381 e.